The van der Waals surface area contributed by atoms with Crippen LogP contribution in [0.25, 0.3) is 0 Å². The van der Waals surface area contributed by atoms with Crippen LogP contribution in [0, 0.1) is 5.41 Å². The molecule has 2 aliphatic rings. The van der Waals surface area contributed by atoms with Gasteiger partial charge in [-0.25, -0.2) is 0 Å². The summed E-state index contributed by atoms with van der Waals surface area (Å²) in [6, 6.07) is 0. The van der Waals surface area contributed by atoms with Gasteiger partial charge in [-0.3, -0.25) is 4.79 Å². The average Bonchev–Trinajstić information content (AvgIpc) is 2.74. The Labute approximate surface area is 107 Å². The van der Waals surface area contributed by atoms with E-state index in [0.29, 0.717) is 0 Å². The van der Waals surface area contributed by atoms with E-state index in [1.165, 1.54) is 12.8 Å². The Hall–Kier alpha value is 0.0500. The van der Waals surface area contributed by atoms with Gasteiger partial charge in [-0.15, -0.1) is 23.2 Å². The molecule has 0 radical (unpaired) electrons. The van der Waals surface area contributed by atoms with Crippen molar-refractivity contribution in [1.29, 1.82) is 0 Å². The lowest BCUT2D eigenvalue weighted by Crippen LogP contribution is -2.23. The van der Waals surface area contributed by atoms with Gasteiger partial charge in [0.1, 0.15) is 11.5 Å². The van der Waals surface area contributed by atoms with E-state index in [0.717, 1.165) is 38.0 Å². The normalized spacial score (nSPS) is 35.9. The van der Waals surface area contributed by atoms with Crippen molar-refractivity contribution < 1.29 is 9.53 Å². The van der Waals surface area contributed by atoms with E-state index >= 15 is 0 Å². The van der Waals surface area contributed by atoms with Crippen LogP contribution in [0.1, 0.15) is 44.9 Å². The minimum atomic E-state index is -0.261. The lowest BCUT2D eigenvalue weighted by atomic mass is 9.95. The van der Waals surface area contributed by atoms with E-state index in [-0.39, 0.29) is 22.9 Å². The zero-order valence-electron chi connectivity index (χ0n) is 9.44. The van der Waals surface area contributed by atoms with E-state index in [9.17, 15) is 4.79 Å². The summed E-state index contributed by atoms with van der Waals surface area (Å²) in [6.45, 7) is 0. The second-order valence-corrected chi connectivity index (χ2v) is 5.70. The molecule has 0 N–H and O–H groups in total. The molecule has 0 aromatic heterocycles. The number of rotatable bonds is 6. The summed E-state index contributed by atoms with van der Waals surface area (Å²) in [7, 11) is 0. The Bertz CT molecular complexity index is 282. The number of hydrogen-bond acceptors (Lipinski definition) is 2. The van der Waals surface area contributed by atoms with Gasteiger partial charge in [0.05, 0.1) is 0 Å². The molecule has 0 heterocycles. The van der Waals surface area contributed by atoms with Crippen LogP contribution < -0.4 is 0 Å². The standard InChI is InChI=1S/C12H18Cl2O2/c13-7-2-1-4-11-5-3-6-12(11,9-11)16-10(15)8-14/h1-9H2/t11-,12-/m1/s1. The summed E-state index contributed by atoms with van der Waals surface area (Å²) >= 11 is 11.2. The summed E-state index contributed by atoms with van der Waals surface area (Å²) in [5, 5.41) is 0. The van der Waals surface area contributed by atoms with E-state index in [1.807, 2.05) is 0 Å². The monoisotopic (exact) mass is 264 g/mol. The summed E-state index contributed by atoms with van der Waals surface area (Å²) < 4.78 is 5.55. The number of carbonyl (C=O) groups excluding carboxylic acids is 1. The fraction of sp³-hybridized carbons (Fsp3) is 0.917. The van der Waals surface area contributed by atoms with Crippen molar-refractivity contribution >= 4 is 29.2 Å². The predicted octanol–water partition coefficient (Wildman–Crippen LogP) is 3.49. The molecule has 2 saturated carbocycles. The first-order valence-corrected chi connectivity index (χ1v) is 7.09. The van der Waals surface area contributed by atoms with Gasteiger partial charge in [-0.2, -0.15) is 0 Å². The Morgan fingerprint density at radius 3 is 2.75 bits per heavy atom. The molecule has 0 aromatic carbocycles. The second-order valence-electron chi connectivity index (χ2n) is 5.06. The van der Waals surface area contributed by atoms with Gasteiger partial charge in [0, 0.05) is 11.3 Å². The number of alkyl halides is 2. The predicted molar refractivity (Wildman–Crippen MR) is 65.0 cm³/mol. The Kier molecular flexibility index (Phi) is 3.70. The van der Waals surface area contributed by atoms with Crippen molar-refractivity contribution in [2.75, 3.05) is 11.8 Å². The van der Waals surface area contributed by atoms with E-state index in [1.54, 1.807) is 0 Å². The fourth-order valence-corrected chi connectivity index (χ4v) is 3.57. The summed E-state index contributed by atoms with van der Waals surface area (Å²) in [6.07, 6.45) is 7.80. The van der Waals surface area contributed by atoms with Crippen LogP contribution in [0.3, 0.4) is 0 Å². The van der Waals surface area contributed by atoms with Crippen LogP contribution in [-0.4, -0.2) is 23.3 Å². The molecular formula is C12H18Cl2O2. The highest BCUT2D eigenvalue weighted by Gasteiger charge is 2.71. The second kappa shape index (κ2) is 4.73. The number of carbonyl (C=O) groups is 1. The summed E-state index contributed by atoms with van der Waals surface area (Å²) in [5.74, 6) is 0.437. The quantitative estimate of drug-likeness (QED) is 0.417. The molecule has 92 valence electrons. The highest BCUT2D eigenvalue weighted by molar-refractivity contribution is 6.26. The molecule has 2 nitrogen and oxygen atoms in total. The molecule has 0 aromatic rings. The molecule has 0 unspecified atom stereocenters. The zero-order chi connectivity index (χ0) is 11.6. The molecule has 2 fully saturated rings. The minimum Gasteiger partial charge on any atom is -0.458 e. The maximum Gasteiger partial charge on any atom is 0.321 e. The molecule has 0 amide bonds. The van der Waals surface area contributed by atoms with Gasteiger partial charge in [0.15, 0.2) is 0 Å². The Morgan fingerprint density at radius 1 is 1.25 bits per heavy atom. The van der Waals surface area contributed by atoms with Gasteiger partial charge in [-0.1, -0.05) is 6.42 Å². The molecule has 2 rings (SSSR count). The summed E-state index contributed by atoms with van der Waals surface area (Å²) in [4.78, 5) is 11.3. The van der Waals surface area contributed by atoms with E-state index in [4.69, 9.17) is 27.9 Å². The van der Waals surface area contributed by atoms with Gasteiger partial charge < -0.3 is 4.74 Å². The zero-order valence-corrected chi connectivity index (χ0v) is 10.9. The molecular weight excluding hydrogens is 247 g/mol. The minimum absolute atomic E-state index is 0.0283. The molecule has 0 spiro atoms. The maximum absolute atomic E-state index is 11.3. The first-order chi connectivity index (χ1) is 7.68. The van der Waals surface area contributed by atoms with Crippen molar-refractivity contribution in [3.05, 3.63) is 0 Å². The molecule has 2 atom stereocenters. The average molecular weight is 265 g/mol. The third-order valence-corrected chi connectivity index (χ3v) is 4.64. The molecule has 0 bridgehead atoms. The van der Waals surface area contributed by atoms with Crippen molar-refractivity contribution in [1.82, 2.24) is 0 Å². The number of hydrogen-bond donors (Lipinski definition) is 0. The van der Waals surface area contributed by atoms with Crippen molar-refractivity contribution in [2.45, 2.75) is 50.5 Å². The number of fused-ring (bicyclic) bond motifs is 1. The van der Waals surface area contributed by atoms with Crippen molar-refractivity contribution in [2.24, 2.45) is 5.41 Å². The van der Waals surface area contributed by atoms with Crippen LogP contribution in [0.5, 0.6) is 0 Å². The Morgan fingerprint density at radius 2 is 2.06 bits per heavy atom. The SMILES string of the molecule is O=C(CCl)O[C@@]12CCC[C@]1(CCCCCl)C2. The highest BCUT2D eigenvalue weighted by Crippen LogP contribution is 2.71. The topological polar surface area (TPSA) is 26.3 Å². The molecule has 4 heteroatoms. The van der Waals surface area contributed by atoms with Gasteiger partial charge >= 0.3 is 5.97 Å². The first kappa shape index (κ1) is 12.5. The van der Waals surface area contributed by atoms with E-state index in [2.05, 4.69) is 0 Å². The number of halogens is 2. The number of ether oxygens (including phenoxy) is 1. The number of esters is 1. The van der Waals surface area contributed by atoms with Gasteiger partial charge in [-0.05, 0) is 38.5 Å². The van der Waals surface area contributed by atoms with Gasteiger partial charge in [0.2, 0.25) is 0 Å². The van der Waals surface area contributed by atoms with Crippen molar-refractivity contribution in [3.63, 3.8) is 0 Å². The lowest BCUT2D eigenvalue weighted by molar-refractivity contribution is -0.149. The molecule has 0 aliphatic heterocycles. The van der Waals surface area contributed by atoms with Crippen LogP contribution in [0.4, 0.5) is 0 Å². The van der Waals surface area contributed by atoms with Crippen LogP contribution in [0.2, 0.25) is 0 Å². The van der Waals surface area contributed by atoms with Gasteiger partial charge in [0.25, 0.3) is 0 Å². The summed E-state index contributed by atoms with van der Waals surface area (Å²) in [5.41, 5.74) is 0.131. The lowest BCUT2D eigenvalue weighted by Gasteiger charge is -2.18. The largest absolute Gasteiger partial charge is 0.458 e. The smallest absolute Gasteiger partial charge is 0.321 e. The third-order valence-electron chi connectivity index (χ3n) is 4.16. The Balaban J connectivity index is 1.89. The molecule has 2 aliphatic carbocycles. The van der Waals surface area contributed by atoms with E-state index < -0.39 is 0 Å². The first-order valence-electron chi connectivity index (χ1n) is 6.02. The van der Waals surface area contributed by atoms with Crippen LogP contribution in [0.15, 0.2) is 0 Å². The highest BCUT2D eigenvalue weighted by atomic mass is 35.5. The molecule has 0 saturated heterocycles. The van der Waals surface area contributed by atoms with Crippen LogP contribution >= 0.6 is 23.2 Å². The number of unbranched alkanes of at least 4 members (excludes halogenated alkanes) is 1. The maximum atomic E-state index is 11.3. The fourth-order valence-electron chi connectivity index (χ4n) is 3.32. The molecule has 16 heavy (non-hydrogen) atoms. The van der Waals surface area contributed by atoms with Crippen molar-refractivity contribution in [3.8, 4) is 0 Å². The third kappa shape index (κ3) is 2.06. The van der Waals surface area contributed by atoms with Crippen LogP contribution in [-0.2, 0) is 9.53 Å².